The monoisotopic (exact) mass is 290 g/mol. The normalized spacial score (nSPS) is 15.7. The average molecular weight is 290 g/mol. The van der Waals surface area contributed by atoms with Crippen molar-refractivity contribution in [2.45, 2.75) is 64.8 Å². The van der Waals surface area contributed by atoms with E-state index >= 15 is 0 Å². The third-order valence-corrected chi connectivity index (χ3v) is 2.95. The van der Waals surface area contributed by atoms with Crippen molar-refractivity contribution in [2.24, 2.45) is 0 Å². The molecule has 0 aliphatic rings. The van der Waals surface area contributed by atoms with Crippen molar-refractivity contribution in [1.29, 1.82) is 0 Å². The van der Waals surface area contributed by atoms with Gasteiger partial charge < -0.3 is 5.11 Å². The zero-order chi connectivity index (χ0) is 15.9. The third kappa shape index (κ3) is 7.87. The number of benzene rings is 1. The summed E-state index contributed by atoms with van der Waals surface area (Å²) in [5.74, 6) is 6.10. The summed E-state index contributed by atoms with van der Waals surface area (Å²) in [6, 6.07) is 9.70. The molecule has 0 radical (unpaired) electrons. The number of rotatable bonds is 5. The van der Waals surface area contributed by atoms with Crippen LogP contribution < -0.4 is 0 Å². The molecule has 3 nitrogen and oxygen atoms in total. The molecule has 116 valence electrons. The van der Waals surface area contributed by atoms with Crippen LogP contribution in [0.2, 0.25) is 0 Å². The molecule has 3 heteroatoms. The highest BCUT2D eigenvalue weighted by Gasteiger charge is 2.25. The Morgan fingerprint density at radius 1 is 1.14 bits per heavy atom. The highest BCUT2D eigenvalue weighted by atomic mass is 17.2. The predicted molar refractivity (Wildman–Crippen MR) is 84.6 cm³/mol. The van der Waals surface area contributed by atoms with Gasteiger partial charge in [-0.1, -0.05) is 37.0 Å². The first-order valence-corrected chi connectivity index (χ1v) is 7.35. The minimum Gasteiger partial charge on any atom is -0.390 e. The number of hydrogen-bond donors (Lipinski definition) is 1. The summed E-state index contributed by atoms with van der Waals surface area (Å²) in [6.07, 6.45) is 0.564. The largest absolute Gasteiger partial charge is 0.390 e. The Hall–Kier alpha value is -1.34. The van der Waals surface area contributed by atoms with Crippen molar-refractivity contribution in [3.05, 3.63) is 35.9 Å². The van der Waals surface area contributed by atoms with E-state index < -0.39 is 17.3 Å². The lowest BCUT2D eigenvalue weighted by Crippen LogP contribution is -2.32. The molecule has 1 N–H and O–H groups in total. The first kappa shape index (κ1) is 17.7. The van der Waals surface area contributed by atoms with Crippen molar-refractivity contribution in [3.63, 3.8) is 0 Å². The van der Waals surface area contributed by atoms with E-state index in [0.717, 1.165) is 5.56 Å². The number of aliphatic hydroxyl groups is 1. The first-order chi connectivity index (χ1) is 9.72. The molecular formula is C18H26O3. The Morgan fingerprint density at radius 2 is 1.76 bits per heavy atom. The Balaban J connectivity index is 2.79. The highest BCUT2D eigenvalue weighted by molar-refractivity contribution is 5.34. The second-order valence-corrected chi connectivity index (χ2v) is 6.47. The van der Waals surface area contributed by atoms with Gasteiger partial charge in [-0.05, 0) is 46.2 Å². The molecule has 0 fully saturated rings. The van der Waals surface area contributed by atoms with E-state index in [1.54, 1.807) is 6.92 Å². The van der Waals surface area contributed by atoms with Crippen molar-refractivity contribution in [1.82, 2.24) is 0 Å². The molecule has 0 saturated carbocycles. The van der Waals surface area contributed by atoms with Crippen LogP contribution in [0.25, 0.3) is 0 Å². The molecule has 0 bridgehead atoms. The molecule has 0 amide bonds. The van der Waals surface area contributed by atoms with Gasteiger partial charge in [-0.15, -0.1) is 0 Å². The van der Waals surface area contributed by atoms with E-state index in [-0.39, 0.29) is 0 Å². The maximum atomic E-state index is 10.2. The van der Waals surface area contributed by atoms with Gasteiger partial charge in [0.1, 0.15) is 0 Å². The van der Waals surface area contributed by atoms with Gasteiger partial charge in [-0.2, -0.15) is 0 Å². The fraction of sp³-hybridized carbons (Fsp3) is 0.556. The molecule has 0 aliphatic carbocycles. The van der Waals surface area contributed by atoms with Crippen LogP contribution in [0.15, 0.2) is 30.3 Å². The van der Waals surface area contributed by atoms with E-state index in [2.05, 4.69) is 11.8 Å². The molecule has 0 saturated heterocycles. The van der Waals surface area contributed by atoms with E-state index in [4.69, 9.17) is 9.78 Å². The van der Waals surface area contributed by atoms with Gasteiger partial charge in [0, 0.05) is 12.0 Å². The highest BCUT2D eigenvalue weighted by Crippen LogP contribution is 2.20. The second kappa shape index (κ2) is 7.61. The minimum atomic E-state index is -0.822. The molecule has 1 rings (SSSR count). The molecule has 0 heterocycles. The lowest BCUT2D eigenvalue weighted by molar-refractivity contribution is -0.366. The molecule has 0 spiro atoms. The quantitative estimate of drug-likeness (QED) is 0.510. The molecule has 1 aromatic rings. The van der Waals surface area contributed by atoms with Gasteiger partial charge in [0.15, 0.2) is 6.10 Å². The predicted octanol–water partition coefficient (Wildman–Crippen LogP) is 3.70. The molecule has 0 aliphatic heterocycles. The SMILES string of the molecule is CCC(C)(O)CC(C#Cc1ccccc1)OOC(C)(C)C. The Labute approximate surface area is 128 Å². The van der Waals surface area contributed by atoms with Crippen LogP contribution >= 0.6 is 0 Å². The van der Waals surface area contributed by atoms with Gasteiger partial charge in [-0.25, -0.2) is 9.78 Å². The maximum absolute atomic E-state index is 10.2. The summed E-state index contributed by atoms with van der Waals surface area (Å²) in [7, 11) is 0. The van der Waals surface area contributed by atoms with Crippen molar-refractivity contribution in [2.75, 3.05) is 0 Å². The Morgan fingerprint density at radius 3 is 2.29 bits per heavy atom. The first-order valence-electron chi connectivity index (χ1n) is 7.35. The Bertz CT molecular complexity index is 475. The third-order valence-electron chi connectivity index (χ3n) is 2.95. The van der Waals surface area contributed by atoms with Gasteiger partial charge in [0.05, 0.1) is 11.2 Å². The molecule has 21 heavy (non-hydrogen) atoms. The lowest BCUT2D eigenvalue weighted by Gasteiger charge is -2.26. The number of hydrogen-bond acceptors (Lipinski definition) is 3. The molecule has 0 aromatic heterocycles. The van der Waals surface area contributed by atoms with Gasteiger partial charge >= 0.3 is 0 Å². The van der Waals surface area contributed by atoms with Crippen LogP contribution in [0, 0.1) is 11.8 Å². The topological polar surface area (TPSA) is 38.7 Å². The summed E-state index contributed by atoms with van der Waals surface area (Å²) in [5.41, 5.74) is -0.319. The summed E-state index contributed by atoms with van der Waals surface area (Å²) < 4.78 is 0. The zero-order valence-electron chi connectivity index (χ0n) is 13.6. The Kier molecular flexibility index (Phi) is 6.42. The van der Waals surface area contributed by atoms with Gasteiger partial charge in [0.2, 0.25) is 0 Å². The standard InChI is InChI=1S/C18H26O3/c1-6-18(5,19)14-16(20-21-17(2,3)4)13-12-15-10-8-7-9-11-15/h7-11,16,19H,6,14H2,1-5H3. The van der Waals surface area contributed by atoms with Crippen molar-refractivity contribution >= 4 is 0 Å². The molecular weight excluding hydrogens is 264 g/mol. The van der Waals surface area contributed by atoms with E-state index in [1.165, 1.54) is 0 Å². The summed E-state index contributed by atoms with van der Waals surface area (Å²) in [5, 5.41) is 10.2. The van der Waals surface area contributed by atoms with E-state index in [1.807, 2.05) is 58.0 Å². The summed E-state index contributed by atoms with van der Waals surface area (Å²) in [4.78, 5) is 10.8. The van der Waals surface area contributed by atoms with Crippen LogP contribution in [-0.4, -0.2) is 22.4 Å². The maximum Gasteiger partial charge on any atom is 0.156 e. The van der Waals surface area contributed by atoms with E-state index in [0.29, 0.717) is 12.8 Å². The van der Waals surface area contributed by atoms with Crippen LogP contribution in [0.3, 0.4) is 0 Å². The summed E-state index contributed by atoms with van der Waals surface area (Å²) in [6.45, 7) is 9.45. The average Bonchev–Trinajstić information content (AvgIpc) is 2.42. The zero-order valence-corrected chi connectivity index (χ0v) is 13.6. The van der Waals surface area contributed by atoms with Crippen LogP contribution in [0.1, 0.15) is 53.0 Å². The molecule has 2 atom stereocenters. The second-order valence-electron chi connectivity index (χ2n) is 6.47. The molecule has 2 unspecified atom stereocenters. The van der Waals surface area contributed by atoms with Crippen LogP contribution in [0.5, 0.6) is 0 Å². The lowest BCUT2D eigenvalue weighted by atomic mass is 9.96. The smallest absolute Gasteiger partial charge is 0.156 e. The fourth-order valence-electron chi connectivity index (χ4n) is 1.54. The van der Waals surface area contributed by atoms with Crippen molar-refractivity contribution in [3.8, 4) is 11.8 Å². The van der Waals surface area contributed by atoms with Crippen molar-refractivity contribution < 1.29 is 14.9 Å². The summed E-state index contributed by atoms with van der Waals surface area (Å²) >= 11 is 0. The van der Waals surface area contributed by atoms with Crippen LogP contribution in [0.4, 0.5) is 0 Å². The van der Waals surface area contributed by atoms with Crippen LogP contribution in [-0.2, 0) is 9.78 Å². The van der Waals surface area contributed by atoms with Gasteiger partial charge in [-0.3, -0.25) is 0 Å². The molecule has 1 aromatic carbocycles. The minimum absolute atomic E-state index is 0.402. The van der Waals surface area contributed by atoms with E-state index in [9.17, 15) is 5.11 Å². The van der Waals surface area contributed by atoms with Gasteiger partial charge in [0.25, 0.3) is 0 Å². The fourth-order valence-corrected chi connectivity index (χ4v) is 1.54.